The lowest BCUT2D eigenvalue weighted by molar-refractivity contribution is -0.131. The summed E-state index contributed by atoms with van der Waals surface area (Å²) >= 11 is 0. The topological polar surface area (TPSA) is 52.6 Å². The van der Waals surface area contributed by atoms with Crippen molar-refractivity contribution in [3.8, 4) is 11.5 Å². The first-order valence-corrected chi connectivity index (χ1v) is 9.63. The second-order valence-electron chi connectivity index (χ2n) is 8.12. The molecule has 3 atom stereocenters. The van der Waals surface area contributed by atoms with Crippen LogP contribution in [0.1, 0.15) is 56.6 Å². The van der Waals surface area contributed by atoms with Gasteiger partial charge in [-0.2, -0.15) is 0 Å². The standard InChI is InChI=1S/C24H24O4/c1-12(2)23(25)27-21-16-8-6-7-9-17(16)22(28-24(26)13(3)4)20-18-11-15(19(20)21)10-14(18)5/h6-9,14-15,18H,1,3,10-11H2,2,4-5H3. The van der Waals surface area contributed by atoms with E-state index in [0.717, 1.165) is 34.7 Å². The van der Waals surface area contributed by atoms with Crippen LogP contribution in [0.25, 0.3) is 10.8 Å². The van der Waals surface area contributed by atoms with E-state index in [-0.39, 0.29) is 0 Å². The Morgan fingerprint density at radius 1 is 0.893 bits per heavy atom. The highest BCUT2D eigenvalue weighted by atomic mass is 16.5. The molecule has 0 aliphatic heterocycles. The molecular formula is C24H24O4. The number of esters is 2. The summed E-state index contributed by atoms with van der Waals surface area (Å²) < 4.78 is 11.7. The summed E-state index contributed by atoms with van der Waals surface area (Å²) in [6, 6.07) is 7.61. The highest BCUT2D eigenvalue weighted by molar-refractivity contribution is 6.02. The van der Waals surface area contributed by atoms with Crippen LogP contribution < -0.4 is 9.47 Å². The maximum Gasteiger partial charge on any atom is 0.338 e. The Labute approximate surface area is 164 Å². The summed E-state index contributed by atoms with van der Waals surface area (Å²) in [5.41, 5.74) is 2.74. The summed E-state index contributed by atoms with van der Waals surface area (Å²) in [6.45, 7) is 12.9. The Hall–Kier alpha value is -2.88. The number of ether oxygens (including phenoxy) is 2. The number of carbonyl (C=O) groups excluding carboxylic acids is 2. The van der Waals surface area contributed by atoms with Crippen molar-refractivity contribution in [1.29, 1.82) is 0 Å². The third-order valence-electron chi connectivity index (χ3n) is 5.94. The molecule has 0 heterocycles. The van der Waals surface area contributed by atoms with Gasteiger partial charge in [-0.05, 0) is 44.4 Å². The average molecular weight is 376 g/mol. The SMILES string of the molecule is C=C(C)C(=O)Oc1c2c(c(OC(=O)C(=C)C)c3ccccc13)C1CC2CC1C. The van der Waals surface area contributed by atoms with Gasteiger partial charge < -0.3 is 9.47 Å². The van der Waals surface area contributed by atoms with Crippen LogP contribution in [0.15, 0.2) is 48.6 Å². The second kappa shape index (κ2) is 6.62. The van der Waals surface area contributed by atoms with E-state index in [1.165, 1.54) is 0 Å². The van der Waals surface area contributed by atoms with Gasteiger partial charge in [-0.15, -0.1) is 0 Å². The lowest BCUT2D eigenvalue weighted by atomic mass is 9.82. The summed E-state index contributed by atoms with van der Waals surface area (Å²) in [6.07, 6.45) is 2.03. The zero-order valence-corrected chi connectivity index (χ0v) is 16.5. The molecule has 28 heavy (non-hydrogen) atoms. The Morgan fingerprint density at radius 3 is 1.89 bits per heavy atom. The van der Waals surface area contributed by atoms with Crippen molar-refractivity contribution >= 4 is 22.7 Å². The maximum atomic E-state index is 12.4. The van der Waals surface area contributed by atoms with Crippen molar-refractivity contribution in [2.75, 3.05) is 0 Å². The number of rotatable bonds is 4. The van der Waals surface area contributed by atoms with Gasteiger partial charge in [0, 0.05) is 33.0 Å². The third-order valence-corrected chi connectivity index (χ3v) is 5.94. The monoisotopic (exact) mass is 376 g/mol. The highest BCUT2D eigenvalue weighted by Crippen LogP contribution is 2.63. The van der Waals surface area contributed by atoms with Crippen molar-refractivity contribution in [2.24, 2.45) is 5.92 Å². The van der Waals surface area contributed by atoms with Gasteiger partial charge >= 0.3 is 11.9 Å². The van der Waals surface area contributed by atoms with E-state index >= 15 is 0 Å². The van der Waals surface area contributed by atoms with Crippen LogP contribution >= 0.6 is 0 Å². The van der Waals surface area contributed by atoms with Crippen LogP contribution in [0, 0.1) is 5.92 Å². The van der Waals surface area contributed by atoms with Crippen molar-refractivity contribution in [3.63, 3.8) is 0 Å². The normalized spacial score (nSPS) is 22.0. The molecule has 1 saturated carbocycles. The van der Waals surface area contributed by atoms with E-state index in [2.05, 4.69) is 20.1 Å². The quantitative estimate of drug-likeness (QED) is 0.406. The summed E-state index contributed by atoms with van der Waals surface area (Å²) in [5, 5.41) is 1.56. The average Bonchev–Trinajstić information content (AvgIpc) is 3.21. The van der Waals surface area contributed by atoms with Gasteiger partial charge in [0.1, 0.15) is 11.5 Å². The first-order chi connectivity index (χ1) is 13.3. The molecule has 3 unspecified atom stereocenters. The molecule has 1 fully saturated rings. The molecule has 2 aromatic carbocycles. The van der Waals surface area contributed by atoms with Gasteiger partial charge in [0.25, 0.3) is 0 Å². The largest absolute Gasteiger partial charge is 0.422 e. The zero-order chi connectivity index (χ0) is 20.2. The number of hydrogen-bond acceptors (Lipinski definition) is 4. The van der Waals surface area contributed by atoms with Crippen molar-refractivity contribution in [2.45, 2.75) is 45.4 Å². The van der Waals surface area contributed by atoms with Gasteiger partial charge in [-0.25, -0.2) is 9.59 Å². The van der Waals surface area contributed by atoms with E-state index in [1.807, 2.05) is 24.3 Å². The summed E-state index contributed by atoms with van der Waals surface area (Å²) in [7, 11) is 0. The zero-order valence-electron chi connectivity index (χ0n) is 16.5. The molecule has 4 rings (SSSR count). The molecule has 0 N–H and O–H groups in total. The molecule has 2 aromatic rings. The number of fused-ring (bicyclic) bond motifs is 6. The minimum absolute atomic E-state index is 0.291. The molecule has 4 heteroatoms. The van der Waals surface area contributed by atoms with Gasteiger partial charge in [-0.3, -0.25) is 0 Å². The molecule has 144 valence electrons. The van der Waals surface area contributed by atoms with Crippen LogP contribution in [-0.4, -0.2) is 11.9 Å². The predicted octanol–water partition coefficient (Wildman–Crippen LogP) is 5.41. The Morgan fingerprint density at radius 2 is 1.39 bits per heavy atom. The van der Waals surface area contributed by atoms with Crippen molar-refractivity contribution in [1.82, 2.24) is 0 Å². The number of benzene rings is 2. The third kappa shape index (κ3) is 2.75. The Balaban J connectivity index is 2.00. The lowest BCUT2D eigenvalue weighted by Gasteiger charge is -2.27. The summed E-state index contributed by atoms with van der Waals surface area (Å²) in [5.74, 6) is 1.39. The fourth-order valence-electron chi connectivity index (χ4n) is 4.65. The van der Waals surface area contributed by atoms with Gasteiger partial charge in [0.2, 0.25) is 0 Å². The van der Waals surface area contributed by atoms with Gasteiger partial charge in [0.05, 0.1) is 0 Å². The Bertz CT molecular complexity index is 1050. The first-order valence-electron chi connectivity index (χ1n) is 9.63. The van der Waals surface area contributed by atoms with E-state index in [9.17, 15) is 9.59 Å². The van der Waals surface area contributed by atoms with E-state index in [0.29, 0.717) is 40.4 Å². The summed E-state index contributed by atoms with van der Waals surface area (Å²) in [4.78, 5) is 24.7. The maximum absolute atomic E-state index is 12.4. The first kappa shape index (κ1) is 18.5. The van der Waals surface area contributed by atoms with Gasteiger partial charge in [-0.1, -0.05) is 44.3 Å². The molecule has 0 radical (unpaired) electrons. The molecule has 4 nitrogen and oxygen atoms in total. The van der Waals surface area contributed by atoms with Gasteiger partial charge in [0.15, 0.2) is 0 Å². The van der Waals surface area contributed by atoms with Crippen molar-refractivity contribution in [3.05, 3.63) is 59.7 Å². The molecule has 0 saturated heterocycles. The Kier molecular flexibility index (Phi) is 4.37. The molecule has 0 aromatic heterocycles. The van der Waals surface area contributed by atoms with Crippen LogP contribution in [0.5, 0.6) is 11.5 Å². The fraction of sp³-hybridized carbons (Fsp3) is 0.333. The second-order valence-corrected chi connectivity index (χ2v) is 8.12. The molecule has 0 spiro atoms. The van der Waals surface area contributed by atoms with Crippen LogP contribution in [-0.2, 0) is 9.59 Å². The molecule has 0 amide bonds. The predicted molar refractivity (Wildman–Crippen MR) is 109 cm³/mol. The van der Waals surface area contributed by atoms with E-state index in [4.69, 9.17) is 9.47 Å². The number of carbonyl (C=O) groups is 2. The minimum atomic E-state index is -0.436. The van der Waals surface area contributed by atoms with E-state index in [1.54, 1.807) is 13.8 Å². The lowest BCUT2D eigenvalue weighted by Crippen LogP contribution is -2.17. The molecule has 2 aliphatic carbocycles. The molecule has 2 bridgehead atoms. The number of hydrogen-bond donors (Lipinski definition) is 0. The highest BCUT2D eigenvalue weighted by Gasteiger charge is 2.47. The minimum Gasteiger partial charge on any atom is -0.422 e. The van der Waals surface area contributed by atoms with Crippen molar-refractivity contribution < 1.29 is 19.1 Å². The molecule has 2 aliphatic rings. The van der Waals surface area contributed by atoms with Crippen LogP contribution in [0.4, 0.5) is 0 Å². The van der Waals surface area contributed by atoms with Crippen LogP contribution in [0.2, 0.25) is 0 Å². The fourth-order valence-corrected chi connectivity index (χ4v) is 4.65. The van der Waals surface area contributed by atoms with Crippen LogP contribution in [0.3, 0.4) is 0 Å². The van der Waals surface area contributed by atoms with E-state index < -0.39 is 11.9 Å². The molecular weight excluding hydrogens is 352 g/mol. The smallest absolute Gasteiger partial charge is 0.338 e.